The second-order valence-corrected chi connectivity index (χ2v) is 4.29. The van der Waals surface area contributed by atoms with Crippen LogP contribution in [-0.4, -0.2) is 19.7 Å². The fraction of sp³-hybridized carbons (Fsp3) is 0.154. The molecule has 0 atom stereocenters. The number of aryl methyl sites for hydroxylation is 1. The maximum Gasteiger partial charge on any atom is 0.264 e. The van der Waals surface area contributed by atoms with Gasteiger partial charge in [-0.05, 0) is 17.7 Å². The fourth-order valence-electron chi connectivity index (χ4n) is 2.14. The van der Waals surface area contributed by atoms with E-state index >= 15 is 0 Å². The molecule has 0 bridgehead atoms. The van der Waals surface area contributed by atoms with Crippen molar-refractivity contribution in [3.63, 3.8) is 0 Å². The third-order valence-electron chi connectivity index (χ3n) is 3.12. The van der Waals surface area contributed by atoms with Crippen LogP contribution < -0.4 is 11.3 Å². The zero-order valence-electron chi connectivity index (χ0n) is 10.4. The van der Waals surface area contributed by atoms with Crippen LogP contribution >= 0.6 is 0 Å². The third kappa shape index (κ3) is 1.82. The van der Waals surface area contributed by atoms with E-state index in [1.54, 1.807) is 6.07 Å². The third-order valence-corrected chi connectivity index (χ3v) is 3.12. The number of nitrogens with one attached hydrogen (secondary N) is 1. The molecule has 3 rings (SSSR count). The topological polar surface area (TPSA) is 89.6 Å². The second-order valence-electron chi connectivity index (χ2n) is 4.29. The molecule has 0 aliphatic rings. The first-order valence-corrected chi connectivity index (χ1v) is 5.91. The number of H-pyrrole nitrogens is 1. The van der Waals surface area contributed by atoms with Crippen molar-refractivity contribution in [3.05, 3.63) is 46.2 Å². The standard InChI is InChI=1S/C13H13N5O/c1-18-10-4-2-3-8(7-14)12(10)15-13(18)9-5-6-11(19)17-16-9/h2-6H,7,14H2,1H3,(H,17,19). The largest absolute Gasteiger partial charge is 0.326 e. The van der Waals surface area contributed by atoms with Gasteiger partial charge >= 0.3 is 0 Å². The van der Waals surface area contributed by atoms with Crippen molar-refractivity contribution in [1.82, 2.24) is 19.7 Å². The highest BCUT2D eigenvalue weighted by Crippen LogP contribution is 2.23. The van der Waals surface area contributed by atoms with Crippen LogP contribution in [0, 0.1) is 0 Å². The maximum atomic E-state index is 11.0. The van der Waals surface area contributed by atoms with Crippen LogP contribution in [0.25, 0.3) is 22.6 Å². The summed E-state index contributed by atoms with van der Waals surface area (Å²) < 4.78 is 1.94. The van der Waals surface area contributed by atoms with E-state index in [1.807, 2.05) is 29.8 Å². The van der Waals surface area contributed by atoms with Gasteiger partial charge in [-0.15, -0.1) is 0 Å². The minimum absolute atomic E-state index is 0.231. The molecule has 0 radical (unpaired) electrons. The summed E-state index contributed by atoms with van der Waals surface area (Å²) in [4.78, 5) is 15.6. The van der Waals surface area contributed by atoms with Crippen LogP contribution in [0.5, 0.6) is 0 Å². The van der Waals surface area contributed by atoms with Gasteiger partial charge in [0.25, 0.3) is 5.56 Å². The smallest absolute Gasteiger partial charge is 0.264 e. The fourth-order valence-corrected chi connectivity index (χ4v) is 2.14. The number of nitrogens with zero attached hydrogens (tertiary/aromatic N) is 3. The highest BCUT2D eigenvalue weighted by Gasteiger charge is 2.12. The molecule has 6 heteroatoms. The Balaban J connectivity index is 2.28. The summed E-state index contributed by atoms with van der Waals surface area (Å²) in [7, 11) is 1.91. The number of hydrogen-bond donors (Lipinski definition) is 2. The van der Waals surface area contributed by atoms with Crippen molar-refractivity contribution in [3.8, 4) is 11.5 Å². The van der Waals surface area contributed by atoms with E-state index in [0.717, 1.165) is 16.6 Å². The number of benzene rings is 1. The first-order valence-electron chi connectivity index (χ1n) is 5.91. The SMILES string of the molecule is Cn1c(-c2ccc(=O)[nH]n2)nc2c(CN)cccc21. The molecule has 0 fully saturated rings. The summed E-state index contributed by atoms with van der Waals surface area (Å²) in [6, 6.07) is 8.99. The number of para-hydroxylation sites is 1. The number of nitrogens with two attached hydrogens (primary N) is 1. The molecule has 3 aromatic rings. The molecule has 96 valence electrons. The monoisotopic (exact) mass is 255 g/mol. The number of imidazole rings is 1. The molecule has 2 heterocycles. The zero-order chi connectivity index (χ0) is 13.4. The molecule has 0 aliphatic heterocycles. The number of rotatable bonds is 2. The van der Waals surface area contributed by atoms with Crippen molar-refractivity contribution in [2.45, 2.75) is 6.54 Å². The van der Waals surface area contributed by atoms with E-state index in [-0.39, 0.29) is 5.56 Å². The lowest BCUT2D eigenvalue weighted by molar-refractivity contribution is 0.920. The predicted molar refractivity (Wildman–Crippen MR) is 72.5 cm³/mol. The maximum absolute atomic E-state index is 11.0. The van der Waals surface area contributed by atoms with Crippen LogP contribution in [0.3, 0.4) is 0 Å². The van der Waals surface area contributed by atoms with E-state index in [9.17, 15) is 4.79 Å². The van der Waals surface area contributed by atoms with Gasteiger partial charge in [-0.1, -0.05) is 12.1 Å². The van der Waals surface area contributed by atoms with Crippen molar-refractivity contribution in [1.29, 1.82) is 0 Å². The average Bonchev–Trinajstić information content (AvgIpc) is 2.77. The lowest BCUT2D eigenvalue weighted by Gasteiger charge is -2.00. The number of aromatic nitrogens is 4. The second kappa shape index (κ2) is 4.33. The highest BCUT2D eigenvalue weighted by atomic mass is 16.1. The normalized spacial score (nSPS) is 11.1. The number of fused-ring (bicyclic) bond motifs is 1. The Morgan fingerprint density at radius 2 is 2.16 bits per heavy atom. The highest BCUT2D eigenvalue weighted by molar-refractivity contribution is 5.82. The summed E-state index contributed by atoms with van der Waals surface area (Å²) >= 11 is 0. The molecule has 0 amide bonds. The predicted octanol–water partition coefficient (Wildman–Crippen LogP) is 0.782. The van der Waals surface area contributed by atoms with E-state index in [1.165, 1.54) is 6.07 Å². The van der Waals surface area contributed by atoms with Gasteiger partial charge in [-0.3, -0.25) is 4.79 Å². The number of hydrogen-bond acceptors (Lipinski definition) is 4. The lowest BCUT2D eigenvalue weighted by atomic mass is 10.2. The van der Waals surface area contributed by atoms with E-state index < -0.39 is 0 Å². The van der Waals surface area contributed by atoms with E-state index in [2.05, 4.69) is 15.2 Å². The quantitative estimate of drug-likeness (QED) is 0.708. The minimum Gasteiger partial charge on any atom is -0.326 e. The first kappa shape index (κ1) is 11.6. The van der Waals surface area contributed by atoms with Gasteiger partial charge in [0, 0.05) is 19.7 Å². The molecule has 19 heavy (non-hydrogen) atoms. The Morgan fingerprint density at radius 3 is 2.84 bits per heavy atom. The summed E-state index contributed by atoms with van der Waals surface area (Å²) in [5, 5.41) is 6.42. The van der Waals surface area contributed by atoms with Gasteiger partial charge in [0.2, 0.25) is 0 Å². The average molecular weight is 255 g/mol. The molecule has 0 unspecified atom stereocenters. The molecule has 0 saturated carbocycles. The molecule has 6 nitrogen and oxygen atoms in total. The Labute approximate surface area is 108 Å². The molecular formula is C13H13N5O. The van der Waals surface area contributed by atoms with Crippen LogP contribution in [0.4, 0.5) is 0 Å². The van der Waals surface area contributed by atoms with Crippen LogP contribution in [0.1, 0.15) is 5.56 Å². The van der Waals surface area contributed by atoms with Crippen molar-refractivity contribution >= 4 is 11.0 Å². The van der Waals surface area contributed by atoms with Gasteiger partial charge in [-0.2, -0.15) is 5.10 Å². The van der Waals surface area contributed by atoms with Gasteiger partial charge in [0.05, 0.1) is 11.0 Å². The van der Waals surface area contributed by atoms with E-state index in [0.29, 0.717) is 18.1 Å². The molecule has 2 aromatic heterocycles. The molecule has 1 aromatic carbocycles. The van der Waals surface area contributed by atoms with Crippen LogP contribution in [0.15, 0.2) is 35.1 Å². The van der Waals surface area contributed by atoms with Gasteiger partial charge < -0.3 is 10.3 Å². The van der Waals surface area contributed by atoms with Crippen molar-refractivity contribution < 1.29 is 0 Å². The Morgan fingerprint density at radius 1 is 1.32 bits per heavy atom. The van der Waals surface area contributed by atoms with Crippen molar-refractivity contribution in [2.75, 3.05) is 0 Å². The molecule has 0 aliphatic carbocycles. The molecule has 3 N–H and O–H groups in total. The molecule has 0 spiro atoms. The zero-order valence-corrected chi connectivity index (χ0v) is 10.4. The Hall–Kier alpha value is -2.47. The minimum atomic E-state index is -0.231. The Kier molecular flexibility index (Phi) is 2.64. The molecular weight excluding hydrogens is 242 g/mol. The van der Waals surface area contributed by atoms with Crippen LogP contribution in [-0.2, 0) is 13.6 Å². The van der Waals surface area contributed by atoms with E-state index in [4.69, 9.17) is 5.73 Å². The number of aromatic amines is 1. The summed E-state index contributed by atoms with van der Waals surface area (Å²) in [6.45, 7) is 0.437. The first-order chi connectivity index (χ1) is 9.20. The lowest BCUT2D eigenvalue weighted by Crippen LogP contribution is -2.07. The summed E-state index contributed by atoms with van der Waals surface area (Å²) in [5.41, 5.74) is 8.97. The van der Waals surface area contributed by atoms with Gasteiger partial charge in [0.1, 0.15) is 5.69 Å². The van der Waals surface area contributed by atoms with Gasteiger partial charge in [0.15, 0.2) is 5.82 Å². The van der Waals surface area contributed by atoms with Crippen molar-refractivity contribution in [2.24, 2.45) is 12.8 Å². The molecule has 0 saturated heterocycles. The Bertz CT molecular complexity index is 782. The summed E-state index contributed by atoms with van der Waals surface area (Å²) in [6.07, 6.45) is 0. The van der Waals surface area contributed by atoms with Gasteiger partial charge in [-0.25, -0.2) is 10.1 Å². The summed E-state index contributed by atoms with van der Waals surface area (Å²) in [5.74, 6) is 0.701. The van der Waals surface area contributed by atoms with Crippen LogP contribution in [0.2, 0.25) is 0 Å².